The van der Waals surface area contributed by atoms with E-state index in [1.807, 2.05) is 18.4 Å². The molecule has 2 aromatic heterocycles. The van der Waals surface area contributed by atoms with E-state index < -0.39 is 34.7 Å². The molecule has 4 atom stereocenters. The number of thiophene rings is 1. The van der Waals surface area contributed by atoms with Crippen molar-refractivity contribution in [2.75, 3.05) is 26.2 Å². The van der Waals surface area contributed by atoms with Crippen molar-refractivity contribution in [3.05, 3.63) is 121 Å². The smallest absolute Gasteiger partial charge is 0.269 e. The van der Waals surface area contributed by atoms with Gasteiger partial charge in [0, 0.05) is 54.7 Å². The Morgan fingerprint density at radius 1 is 0.977 bits per heavy atom. The summed E-state index contributed by atoms with van der Waals surface area (Å²) in [5, 5.41) is 17.1. The number of nitrogens with one attached hydrogen (secondary N) is 1. The highest BCUT2D eigenvalue weighted by Crippen LogP contribution is 2.54. The lowest BCUT2D eigenvalue weighted by atomic mass is 9.78. The summed E-state index contributed by atoms with van der Waals surface area (Å²) >= 11 is 1.44. The summed E-state index contributed by atoms with van der Waals surface area (Å²) in [4.78, 5) is 59.4. The number of ketones is 1. The normalized spacial score (nSPS) is 21.8. The van der Waals surface area contributed by atoms with Gasteiger partial charge in [-0.05, 0) is 60.7 Å². The fourth-order valence-corrected chi connectivity index (χ4v) is 7.60. The topological polar surface area (TPSA) is 126 Å². The van der Waals surface area contributed by atoms with Crippen LogP contribution in [-0.2, 0) is 4.79 Å². The van der Waals surface area contributed by atoms with Crippen molar-refractivity contribution in [2.45, 2.75) is 31.8 Å². The number of benzene rings is 2. The zero-order valence-electron chi connectivity index (χ0n) is 24.3. The number of nitro benzene ring substituents is 1. The molecule has 0 saturated carbocycles. The van der Waals surface area contributed by atoms with E-state index in [1.165, 1.54) is 28.4 Å². The first kappa shape index (κ1) is 29.5. The molecule has 4 unspecified atom stereocenters. The number of piperazine rings is 1. The van der Waals surface area contributed by atoms with Gasteiger partial charge in [0.2, 0.25) is 11.7 Å². The fourth-order valence-electron chi connectivity index (χ4n) is 6.50. The van der Waals surface area contributed by atoms with Gasteiger partial charge in [-0.1, -0.05) is 30.3 Å². The van der Waals surface area contributed by atoms with Crippen molar-refractivity contribution >= 4 is 34.6 Å². The van der Waals surface area contributed by atoms with Gasteiger partial charge in [-0.15, -0.1) is 11.3 Å². The lowest BCUT2D eigenvalue weighted by molar-refractivity contribution is -0.385. The van der Waals surface area contributed by atoms with Crippen molar-refractivity contribution in [1.29, 1.82) is 0 Å². The predicted molar refractivity (Wildman–Crippen MR) is 165 cm³/mol. The Morgan fingerprint density at radius 3 is 2.36 bits per heavy atom. The molecule has 2 aliphatic rings. The van der Waals surface area contributed by atoms with Crippen LogP contribution in [0, 0.1) is 29.9 Å². The number of likely N-dealkylation sites (tertiary alicyclic amines) is 1. The van der Waals surface area contributed by atoms with Crippen LogP contribution in [0.25, 0.3) is 0 Å². The number of furan rings is 1. The highest BCUT2D eigenvalue weighted by molar-refractivity contribution is 7.10. The van der Waals surface area contributed by atoms with Crippen LogP contribution in [0.3, 0.4) is 0 Å². The van der Waals surface area contributed by atoms with Gasteiger partial charge in [-0.25, -0.2) is 0 Å². The largest absolute Gasteiger partial charge is 0.458 e. The molecule has 10 nitrogen and oxygen atoms in total. The molecule has 2 fully saturated rings. The lowest BCUT2D eigenvalue weighted by Gasteiger charge is -2.36. The van der Waals surface area contributed by atoms with Gasteiger partial charge in [0.05, 0.1) is 16.9 Å². The molecule has 11 heteroatoms. The van der Waals surface area contributed by atoms with E-state index in [4.69, 9.17) is 4.42 Å². The molecular weight excluding hydrogens is 580 g/mol. The second-order valence-corrected chi connectivity index (χ2v) is 12.1. The molecule has 1 N–H and O–H groups in total. The standard InChI is InChI=1S/C33H32N4O6S/c1-20-13-18-44-31(20)27-26(30(38)25-12-11-21(2)43-25)28(23-9-6-10-24(19-23)37(41)42)36(32(39)22-7-4-3-5-8-22)29(27)33(40)35-16-14-34-15-17-35/h3-13,18-19,26-29,34H,14-17H2,1-2H3. The van der Waals surface area contributed by atoms with E-state index in [-0.39, 0.29) is 23.1 Å². The number of nitrogens with zero attached hydrogens (tertiary/aromatic N) is 3. The maximum absolute atomic E-state index is 14.7. The zero-order chi connectivity index (χ0) is 31.0. The van der Waals surface area contributed by atoms with Crippen LogP contribution in [0.4, 0.5) is 5.69 Å². The van der Waals surface area contributed by atoms with Gasteiger partial charge >= 0.3 is 0 Å². The molecule has 2 amide bonds. The SMILES string of the molecule is Cc1ccc(C(=O)C2C(c3sccc3C)C(C(=O)N3CCNCC3)N(C(=O)c3ccccc3)C2c2cccc([N+](=O)[O-])c2)o1. The molecule has 226 valence electrons. The highest BCUT2D eigenvalue weighted by atomic mass is 32.1. The first-order valence-corrected chi connectivity index (χ1v) is 15.4. The first-order chi connectivity index (χ1) is 21.3. The fraction of sp³-hybridized carbons (Fsp3) is 0.303. The third-order valence-corrected chi connectivity index (χ3v) is 9.64. The Hall–Kier alpha value is -4.61. The summed E-state index contributed by atoms with van der Waals surface area (Å²) in [6.45, 7) is 5.80. The molecule has 4 aromatic rings. The molecule has 0 radical (unpaired) electrons. The maximum atomic E-state index is 14.7. The third-order valence-electron chi connectivity index (χ3n) is 8.52. The Balaban J connectivity index is 1.63. The van der Waals surface area contributed by atoms with E-state index >= 15 is 0 Å². The number of hydrogen-bond acceptors (Lipinski definition) is 8. The Kier molecular flexibility index (Phi) is 8.15. The first-order valence-electron chi connectivity index (χ1n) is 14.5. The highest BCUT2D eigenvalue weighted by Gasteiger charge is 2.59. The molecule has 0 aliphatic carbocycles. The minimum atomic E-state index is -1.05. The van der Waals surface area contributed by atoms with E-state index in [1.54, 1.807) is 66.4 Å². The number of amides is 2. The second kappa shape index (κ2) is 12.2. The predicted octanol–water partition coefficient (Wildman–Crippen LogP) is 5.15. The molecule has 2 saturated heterocycles. The summed E-state index contributed by atoms with van der Waals surface area (Å²) in [6.07, 6.45) is 0. The number of rotatable bonds is 7. The summed E-state index contributed by atoms with van der Waals surface area (Å²) in [7, 11) is 0. The molecule has 0 spiro atoms. The van der Waals surface area contributed by atoms with Crippen LogP contribution in [0.2, 0.25) is 0 Å². The van der Waals surface area contributed by atoms with Gasteiger partial charge in [0.1, 0.15) is 11.8 Å². The zero-order valence-corrected chi connectivity index (χ0v) is 25.2. The van der Waals surface area contributed by atoms with Crippen molar-refractivity contribution in [1.82, 2.24) is 15.1 Å². The number of Topliss-reactive ketones (excluding diaryl/α,β-unsaturated/α-hetero) is 1. The van der Waals surface area contributed by atoms with Crippen molar-refractivity contribution in [2.24, 2.45) is 5.92 Å². The Bertz CT molecular complexity index is 1710. The number of carbonyl (C=O) groups is 3. The minimum Gasteiger partial charge on any atom is -0.458 e. The van der Waals surface area contributed by atoms with Crippen LogP contribution in [0.5, 0.6) is 0 Å². The van der Waals surface area contributed by atoms with E-state index in [0.717, 1.165) is 10.4 Å². The minimum absolute atomic E-state index is 0.115. The van der Waals surface area contributed by atoms with Crippen molar-refractivity contribution in [3.63, 3.8) is 0 Å². The molecule has 6 rings (SSSR count). The number of nitro groups is 1. The van der Waals surface area contributed by atoms with Crippen molar-refractivity contribution < 1.29 is 23.7 Å². The average molecular weight is 613 g/mol. The van der Waals surface area contributed by atoms with Gasteiger partial charge in [-0.3, -0.25) is 24.5 Å². The summed E-state index contributed by atoms with van der Waals surface area (Å²) < 4.78 is 5.83. The Morgan fingerprint density at radius 2 is 1.73 bits per heavy atom. The maximum Gasteiger partial charge on any atom is 0.269 e. The molecule has 2 aliphatic heterocycles. The van der Waals surface area contributed by atoms with Crippen LogP contribution < -0.4 is 5.32 Å². The summed E-state index contributed by atoms with van der Waals surface area (Å²) in [5.74, 6) is -2.08. The van der Waals surface area contributed by atoms with Gasteiger partial charge < -0.3 is 19.5 Å². The number of aryl methyl sites for hydroxylation is 2. The van der Waals surface area contributed by atoms with Gasteiger partial charge in [0.15, 0.2) is 5.76 Å². The van der Waals surface area contributed by atoms with Crippen LogP contribution >= 0.6 is 11.3 Å². The van der Waals surface area contributed by atoms with Crippen molar-refractivity contribution in [3.8, 4) is 0 Å². The summed E-state index contributed by atoms with van der Waals surface area (Å²) in [5.41, 5.74) is 1.48. The van der Waals surface area contributed by atoms with E-state index in [9.17, 15) is 24.5 Å². The van der Waals surface area contributed by atoms with Crippen LogP contribution in [0.15, 0.2) is 82.6 Å². The second-order valence-electron chi connectivity index (χ2n) is 11.2. The van der Waals surface area contributed by atoms with E-state index in [0.29, 0.717) is 43.1 Å². The molecule has 4 heterocycles. The molecule has 0 bridgehead atoms. The molecule has 44 heavy (non-hydrogen) atoms. The summed E-state index contributed by atoms with van der Waals surface area (Å²) in [6, 6.07) is 17.9. The van der Waals surface area contributed by atoms with Crippen LogP contribution in [-0.4, -0.2) is 64.5 Å². The quantitative estimate of drug-likeness (QED) is 0.174. The van der Waals surface area contributed by atoms with Gasteiger partial charge in [0.25, 0.3) is 11.6 Å². The Labute approximate surface area is 258 Å². The van der Waals surface area contributed by atoms with Crippen LogP contribution in [0.1, 0.15) is 54.6 Å². The number of carbonyl (C=O) groups excluding carboxylic acids is 3. The third kappa shape index (κ3) is 5.33. The lowest BCUT2D eigenvalue weighted by Crippen LogP contribution is -2.54. The number of hydrogen-bond donors (Lipinski definition) is 1. The number of non-ortho nitro benzene ring substituents is 1. The molecular formula is C33H32N4O6S. The van der Waals surface area contributed by atoms with Gasteiger partial charge in [-0.2, -0.15) is 0 Å². The molecule has 2 aromatic carbocycles. The van der Waals surface area contributed by atoms with E-state index in [2.05, 4.69) is 5.32 Å². The average Bonchev–Trinajstić information content (AvgIpc) is 3.77. The monoisotopic (exact) mass is 612 g/mol.